The van der Waals surface area contributed by atoms with Gasteiger partial charge in [-0.2, -0.15) is 5.10 Å². The lowest BCUT2D eigenvalue weighted by atomic mass is 9.87. The van der Waals surface area contributed by atoms with E-state index in [1.807, 2.05) is 6.92 Å². The van der Waals surface area contributed by atoms with Crippen molar-refractivity contribution in [3.8, 4) is 0 Å². The maximum Gasteiger partial charge on any atom is 0.257 e. The zero-order valence-electron chi connectivity index (χ0n) is 12.1. The van der Waals surface area contributed by atoms with Crippen molar-refractivity contribution < 1.29 is 13.2 Å². The second-order valence-electron chi connectivity index (χ2n) is 5.45. The summed E-state index contributed by atoms with van der Waals surface area (Å²) in [7, 11) is -1.84. The molecule has 114 valence electrons. The van der Waals surface area contributed by atoms with E-state index in [9.17, 15) is 8.42 Å². The van der Waals surface area contributed by atoms with Crippen LogP contribution in [-0.2, 0) is 21.3 Å². The molecule has 6 nitrogen and oxygen atoms in total. The van der Waals surface area contributed by atoms with Crippen molar-refractivity contribution in [2.24, 2.45) is 5.41 Å². The zero-order chi connectivity index (χ0) is 14.6. The van der Waals surface area contributed by atoms with Gasteiger partial charge in [-0.15, -0.1) is 0 Å². The molecule has 20 heavy (non-hydrogen) atoms. The lowest BCUT2D eigenvalue weighted by Gasteiger charge is -2.28. The van der Waals surface area contributed by atoms with E-state index >= 15 is 0 Å². The molecule has 1 aliphatic carbocycles. The first-order chi connectivity index (χ1) is 9.53. The van der Waals surface area contributed by atoms with Gasteiger partial charge in [-0.1, -0.05) is 12.8 Å². The molecule has 1 fully saturated rings. The van der Waals surface area contributed by atoms with E-state index in [2.05, 4.69) is 9.82 Å². The Labute approximate surface area is 120 Å². The van der Waals surface area contributed by atoms with Crippen LogP contribution in [0, 0.1) is 5.41 Å². The molecule has 1 aromatic rings. The Bertz CT molecular complexity index is 533. The van der Waals surface area contributed by atoms with Gasteiger partial charge in [-0.25, -0.2) is 13.1 Å². The molecule has 0 radical (unpaired) electrons. The molecule has 0 saturated heterocycles. The minimum Gasteiger partial charge on any atom is -0.384 e. The van der Waals surface area contributed by atoms with Crippen LogP contribution in [0.15, 0.2) is 17.3 Å². The Balaban J connectivity index is 2.09. The number of nitrogens with one attached hydrogen (secondary N) is 1. The molecule has 0 unspecified atom stereocenters. The number of methoxy groups -OCH3 is 1. The van der Waals surface area contributed by atoms with E-state index < -0.39 is 10.0 Å². The van der Waals surface area contributed by atoms with Gasteiger partial charge in [0.15, 0.2) is 5.03 Å². The molecule has 1 aromatic heterocycles. The second-order valence-corrected chi connectivity index (χ2v) is 7.16. The van der Waals surface area contributed by atoms with Crippen molar-refractivity contribution in [1.29, 1.82) is 0 Å². The number of aryl methyl sites for hydroxylation is 1. The fraction of sp³-hybridized carbons (Fsp3) is 0.769. The lowest BCUT2D eigenvalue weighted by molar-refractivity contribution is 0.0867. The highest BCUT2D eigenvalue weighted by Crippen LogP contribution is 2.37. The molecule has 0 spiro atoms. The van der Waals surface area contributed by atoms with Gasteiger partial charge in [0, 0.05) is 25.6 Å². The monoisotopic (exact) mass is 301 g/mol. The normalized spacial score (nSPS) is 18.5. The molecule has 0 aromatic carbocycles. The van der Waals surface area contributed by atoms with Crippen LogP contribution in [0.3, 0.4) is 0 Å². The van der Waals surface area contributed by atoms with Gasteiger partial charge in [0.25, 0.3) is 10.0 Å². The number of sulfonamides is 1. The van der Waals surface area contributed by atoms with Gasteiger partial charge in [-0.3, -0.25) is 4.68 Å². The third-order valence-corrected chi connectivity index (χ3v) is 5.43. The van der Waals surface area contributed by atoms with Crippen LogP contribution in [0.5, 0.6) is 0 Å². The number of hydrogen-bond donors (Lipinski definition) is 1. The van der Waals surface area contributed by atoms with Gasteiger partial charge in [0.05, 0.1) is 12.8 Å². The second kappa shape index (κ2) is 6.24. The highest BCUT2D eigenvalue weighted by atomic mass is 32.2. The largest absolute Gasteiger partial charge is 0.384 e. The molecule has 1 aliphatic rings. The topological polar surface area (TPSA) is 73.2 Å². The average molecular weight is 301 g/mol. The lowest BCUT2D eigenvalue weighted by Crippen LogP contribution is -2.39. The summed E-state index contributed by atoms with van der Waals surface area (Å²) in [6.07, 6.45) is 5.81. The van der Waals surface area contributed by atoms with Crippen molar-refractivity contribution in [2.75, 3.05) is 20.3 Å². The maximum atomic E-state index is 12.4. The SMILES string of the molecule is CCn1nccc1S(=O)(=O)NCC1(COC)CCCC1. The van der Waals surface area contributed by atoms with Crippen molar-refractivity contribution in [1.82, 2.24) is 14.5 Å². The number of aromatic nitrogens is 2. The molecule has 7 heteroatoms. The highest BCUT2D eigenvalue weighted by molar-refractivity contribution is 7.89. The fourth-order valence-corrected chi connectivity index (χ4v) is 4.25. The Morgan fingerprint density at radius 1 is 1.45 bits per heavy atom. The van der Waals surface area contributed by atoms with Gasteiger partial charge in [0.2, 0.25) is 0 Å². The molecule has 2 rings (SSSR count). The summed E-state index contributed by atoms with van der Waals surface area (Å²) in [6, 6.07) is 1.53. The van der Waals surface area contributed by atoms with Crippen LogP contribution >= 0.6 is 0 Å². The molecular formula is C13H23N3O3S. The Morgan fingerprint density at radius 2 is 2.15 bits per heavy atom. The Kier molecular flexibility index (Phi) is 4.82. The smallest absolute Gasteiger partial charge is 0.257 e. The Hall–Kier alpha value is -0.920. The highest BCUT2D eigenvalue weighted by Gasteiger charge is 2.35. The van der Waals surface area contributed by atoms with Crippen molar-refractivity contribution in [3.05, 3.63) is 12.3 Å². The van der Waals surface area contributed by atoms with Crippen LogP contribution in [0.1, 0.15) is 32.6 Å². The van der Waals surface area contributed by atoms with Gasteiger partial charge in [-0.05, 0) is 25.8 Å². The number of ether oxygens (including phenoxy) is 1. The average Bonchev–Trinajstić information content (AvgIpc) is 3.06. The van der Waals surface area contributed by atoms with Gasteiger partial charge >= 0.3 is 0 Å². The van der Waals surface area contributed by atoms with E-state index in [-0.39, 0.29) is 10.4 Å². The minimum absolute atomic E-state index is 0.0567. The first kappa shape index (κ1) is 15.5. The first-order valence-electron chi connectivity index (χ1n) is 7.03. The Morgan fingerprint density at radius 3 is 2.75 bits per heavy atom. The molecule has 0 amide bonds. The summed E-state index contributed by atoms with van der Waals surface area (Å²) in [5, 5.41) is 4.23. The fourth-order valence-electron chi connectivity index (χ4n) is 2.91. The van der Waals surface area contributed by atoms with E-state index in [0.29, 0.717) is 19.7 Å². The van der Waals surface area contributed by atoms with Crippen LogP contribution < -0.4 is 4.72 Å². The number of rotatable bonds is 7. The standard InChI is InChI=1S/C13H23N3O3S/c1-3-16-12(6-9-14-16)20(17,18)15-10-13(11-19-2)7-4-5-8-13/h6,9,15H,3-5,7-8,10-11H2,1-2H3. The third kappa shape index (κ3) is 3.21. The molecule has 0 aliphatic heterocycles. The van der Waals surface area contributed by atoms with Gasteiger partial charge in [0.1, 0.15) is 0 Å². The van der Waals surface area contributed by atoms with Crippen LogP contribution in [-0.4, -0.2) is 38.5 Å². The summed E-state index contributed by atoms with van der Waals surface area (Å²) in [5.41, 5.74) is -0.0567. The minimum atomic E-state index is -3.51. The van der Waals surface area contributed by atoms with Crippen LogP contribution in [0.2, 0.25) is 0 Å². The molecule has 1 heterocycles. The quantitative estimate of drug-likeness (QED) is 0.826. The third-order valence-electron chi connectivity index (χ3n) is 4.00. The summed E-state index contributed by atoms with van der Waals surface area (Å²) in [5.74, 6) is 0. The van der Waals surface area contributed by atoms with E-state index in [4.69, 9.17) is 4.74 Å². The molecule has 1 saturated carbocycles. The van der Waals surface area contributed by atoms with Gasteiger partial charge < -0.3 is 4.74 Å². The zero-order valence-corrected chi connectivity index (χ0v) is 12.9. The predicted octanol–water partition coefficient (Wildman–Crippen LogP) is 1.39. The number of hydrogen-bond acceptors (Lipinski definition) is 4. The molecule has 0 bridgehead atoms. The van der Waals surface area contributed by atoms with Crippen molar-refractivity contribution >= 4 is 10.0 Å². The molecular weight excluding hydrogens is 278 g/mol. The summed E-state index contributed by atoms with van der Waals surface area (Å²) in [6.45, 7) is 3.43. The van der Waals surface area contributed by atoms with E-state index in [1.165, 1.54) is 16.9 Å². The molecule has 0 atom stereocenters. The summed E-state index contributed by atoms with van der Waals surface area (Å²) in [4.78, 5) is 0. The predicted molar refractivity (Wildman–Crippen MR) is 75.9 cm³/mol. The number of nitrogens with zero attached hydrogens (tertiary/aromatic N) is 2. The van der Waals surface area contributed by atoms with E-state index in [0.717, 1.165) is 25.7 Å². The first-order valence-corrected chi connectivity index (χ1v) is 8.52. The summed E-state index contributed by atoms with van der Waals surface area (Å²) >= 11 is 0. The van der Waals surface area contributed by atoms with E-state index in [1.54, 1.807) is 7.11 Å². The molecule has 1 N–H and O–H groups in total. The van der Waals surface area contributed by atoms with Crippen molar-refractivity contribution in [2.45, 2.75) is 44.2 Å². The van der Waals surface area contributed by atoms with Crippen LogP contribution in [0.4, 0.5) is 0 Å². The van der Waals surface area contributed by atoms with Crippen LogP contribution in [0.25, 0.3) is 0 Å². The maximum absolute atomic E-state index is 12.4. The van der Waals surface area contributed by atoms with Crippen molar-refractivity contribution in [3.63, 3.8) is 0 Å². The summed E-state index contributed by atoms with van der Waals surface area (Å²) < 4.78 is 34.2.